The van der Waals surface area contributed by atoms with Crippen LogP contribution in [0.2, 0.25) is 0 Å². The molecule has 0 saturated heterocycles. The quantitative estimate of drug-likeness (QED) is 0.469. The van der Waals surface area contributed by atoms with Crippen LogP contribution in [0.15, 0.2) is 12.1 Å². The second kappa shape index (κ2) is 6.53. The number of nitrogen functional groups attached to an aromatic ring is 1. The number of hydrogen-bond acceptors (Lipinski definition) is 7. The molecule has 104 valence electrons. The molecule has 1 aromatic rings. The highest BCUT2D eigenvalue weighted by molar-refractivity contribution is 5.75. The molecule has 0 aliphatic carbocycles. The Kier molecular flexibility index (Phi) is 5.04. The van der Waals surface area contributed by atoms with Crippen LogP contribution in [0.4, 0.5) is 11.5 Å². The molecule has 0 spiro atoms. The first-order valence-electron chi connectivity index (χ1n) is 5.73. The van der Waals surface area contributed by atoms with Gasteiger partial charge in [0.05, 0.1) is 11.5 Å². The zero-order valence-electron chi connectivity index (χ0n) is 10.7. The molecule has 0 aliphatic heterocycles. The van der Waals surface area contributed by atoms with Crippen molar-refractivity contribution in [2.24, 2.45) is 0 Å². The molecule has 0 unspecified atom stereocenters. The van der Waals surface area contributed by atoms with Gasteiger partial charge in [-0.1, -0.05) is 6.92 Å². The van der Waals surface area contributed by atoms with E-state index in [0.29, 0.717) is 6.42 Å². The number of ether oxygens (including phenoxy) is 2. The highest BCUT2D eigenvalue weighted by Gasteiger charge is 2.21. The van der Waals surface area contributed by atoms with Crippen molar-refractivity contribution in [2.75, 3.05) is 12.3 Å². The summed E-state index contributed by atoms with van der Waals surface area (Å²) < 4.78 is 10.1. The van der Waals surface area contributed by atoms with Crippen LogP contribution in [0, 0.1) is 10.1 Å². The van der Waals surface area contributed by atoms with E-state index in [9.17, 15) is 14.9 Å². The number of nitrogens with zero attached hydrogens (tertiary/aromatic N) is 2. The van der Waals surface area contributed by atoms with Gasteiger partial charge < -0.3 is 15.2 Å². The molecule has 1 aromatic heterocycles. The molecule has 1 heterocycles. The molecular weight excluding hydrogens is 254 g/mol. The molecule has 8 heteroatoms. The van der Waals surface area contributed by atoms with Crippen molar-refractivity contribution >= 4 is 17.5 Å². The summed E-state index contributed by atoms with van der Waals surface area (Å²) in [5.41, 5.74) is 5.12. The third kappa shape index (κ3) is 3.80. The Bertz CT molecular complexity index is 477. The fourth-order valence-electron chi connectivity index (χ4n) is 1.35. The van der Waals surface area contributed by atoms with Crippen LogP contribution in [-0.4, -0.2) is 28.6 Å². The van der Waals surface area contributed by atoms with Crippen molar-refractivity contribution in [3.63, 3.8) is 0 Å². The van der Waals surface area contributed by atoms with E-state index in [1.54, 1.807) is 13.8 Å². The topological polar surface area (TPSA) is 118 Å². The van der Waals surface area contributed by atoms with Gasteiger partial charge in [0, 0.05) is 12.1 Å². The molecular formula is C11H15N3O5. The average molecular weight is 269 g/mol. The van der Waals surface area contributed by atoms with Gasteiger partial charge in [-0.3, -0.25) is 10.1 Å². The largest absolute Gasteiger partial charge is 0.463 e. The first-order valence-corrected chi connectivity index (χ1v) is 5.73. The number of nitro groups is 1. The summed E-state index contributed by atoms with van der Waals surface area (Å²) in [6, 6.07) is 2.46. The van der Waals surface area contributed by atoms with Gasteiger partial charge >= 0.3 is 11.7 Å². The Labute approximate surface area is 109 Å². The summed E-state index contributed by atoms with van der Waals surface area (Å²) in [5.74, 6) is -0.729. The SMILES string of the molecule is CCOC(=O)[C@@H](CC)Oc1ccc([N+](=O)[O-])c(N)n1. The Hall–Kier alpha value is -2.38. The maximum atomic E-state index is 11.5. The molecule has 0 fully saturated rings. The maximum absolute atomic E-state index is 11.5. The van der Waals surface area contributed by atoms with Crippen molar-refractivity contribution in [2.45, 2.75) is 26.4 Å². The molecule has 1 atom stereocenters. The Morgan fingerprint density at radius 2 is 2.21 bits per heavy atom. The lowest BCUT2D eigenvalue weighted by Crippen LogP contribution is -2.29. The minimum atomic E-state index is -0.812. The van der Waals surface area contributed by atoms with Gasteiger partial charge in [-0.25, -0.2) is 4.79 Å². The maximum Gasteiger partial charge on any atom is 0.347 e. The third-order valence-corrected chi connectivity index (χ3v) is 2.26. The highest BCUT2D eigenvalue weighted by atomic mass is 16.6. The minimum absolute atomic E-state index is 0.0444. The van der Waals surface area contributed by atoms with E-state index >= 15 is 0 Å². The second-order valence-corrected chi connectivity index (χ2v) is 3.58. The lowest BCUT2D eigenvalue weighted by molar-refractivity contribution is -0.384. The molecule has 0 aromatic carbocycles. The van der Waals surface area contributed by atoms with E-state index in [0.717, 1.165) is 0 Å². The number of pyridine rings is 1. The molecule has 0 aliphatic rings. The highest BCUT2D eigenvalue weighted by Crippen LogP contribution is 2.22. The zero-order valence-corrected chi connectivity index (χ0v) is 10.7. The number of hydrogen-bond donors (Lipinski definition) is 1. The van der Waals surface area contributed by atoms with E-state index in [1.807, 2.05) is 0 Å². The Morgan fingerprint density at radius 3 is 2.68 bits per heavy atom. The summed E-state index contributed by atoms with van der Waals surface area (Å²) in [6.07, 6.45) is -0.425. The zero-order chi connectivity index (χ0) is 14.4. The van der Waals surface area contributed by atoms with Crippen molar-refractivity contribution in [3.05, 3.63) is 22.2 Å². The van der Waals surface area contributed by atoms with E-state index in [4.69, 9.17) is 15.2 Å². The Morgan fingerprint density at radius 1 is 1.53 bits per heavy atom. The van der Waals surface area contributed by atoms with E-state index in [-0.39, 0.29) is 24.0 Å². The first kappa shape index (κ1) is 14.7. The van der Waals surface area contributed by atoms with E-state index in [2.05, 4.69) is 4.98 Å². The fourth-order valence-corrected chi connectivity index (χ4v) is 1.35. The van der Waals surface area contributed by atoms with Gasteiger partial charge in [0.25, 0.3) is 0 Å². The van der Waals surface area contributed by atoms with Crippen LogP contribution in [0.3, 0.4) is 0 Å². The number of carbonyl (C=O) groups is 1. The molecule has 0 bridgehead atoms. The van der Waals surface area contributed by atoms with Gasteiger partial charge in [-0.15, -0.1) is 0 Å². The monoisotopic (exact) mass is 269 g/mol. The number of carbonyl (C=O) groups excluding carboxylic acids is 1. The number of nitrogens with two attached hydrogens (primary N) is 1. The van der Waals surface area contributed by atoms with Crippen molar-refractivity contribution in [1.82, 2.24) is 4.98 Å². The predicted octanol–water partition coefficient (Wildman–Crippen LogP) is 1.29. The van der Waals surface area contributed by atoms with Gasteiger partial charge in [-0.05, 0) is 13.3 Å². The van der Waals surface area contributed by atoms with E-state index < -0.39 is 17.0 Å². The van der Waals surface area contributed by atoms with E-state index in [1.165, 1.54) is 12.1 Å². The van der Waals surface area contributed by atoms with Crippen molar-refractivity contribution in [1.29, 1.82) is 0 Å². The van der Waals surface area contributed by atoms with Crippen molar-refractivity contribution in [3.8, 4) is 5.88 Å². The summed E-state index contributed by atoms with van der Waals surface area (Å²) in [4.78, 5) is 25.2. The molecule has 0 amide bonds. The predicted molar refractivity (Wildman–Crippen MR) is 66.6 cm³/mol. The van der Waals surface area contributed by atoms with Crippen LogP contribution in [0.1, 0.15) is 20.3 Å². The summed E-state index contributed by atoms with van der Waals surface area (Å²) in [7, 11) is 0. The van der Waals surface area contributed by atoms with Crippen LogP contribution >= 0.6 is 0 Å². The van der Waals surface area contributed by atoms with Gasteiger partial charge in [0.15, 0.2) is 6.10 Å². The van der Waals surface area contributed by atoms with Crippen LogP contribution < -0.4 is 10.5 Å². The number of anilines is 1. The van der Waals surface area contributed by atoms with Gasteiger partial charge in [-0.2, -0.15) is 4.98 Å². The molecule has 0 radical (unpaired) electrons. The standard InChI is InChI=1S/C11H15N3O5/c1-3-8(11(15)18-4-2)19-9-6-5-7(14(16)17)10(12)13-9/h5-6,8H,3-4H2,1-2H3,(H2,12,13)/t8-/m1/s1. The molecule has 19 heavy (non-hydrogen) atoms. The molecule has 0 saturated carbocycles. The number of aromatic nitrogens is 1. The molecule has 8 nitrogen and oxygen atoms in total. The van der Waals surface area contributed by atoms with Crippen LogP contribution in [0.5, 0.6) is 5.88 Å². The second-order valence-electron chi connectivity index (χ2n) is 3.58. The van der Waals surface area contributed by atoms with Crippen molar-refractivity contribution < 1.29 is 19.2 Å². The molecule has 2 N–H and O–H groups in total. The van der Waals surface area contributed by atoms with Crippen LogP contribution in [0.25, 0.3) is 0 Å². The average Bonchev–Trinajstić information content (AvgIpc) is 2.35. The minimum Gasteiger partial charge on any atom is -0.463 e. The van der Waals surface area contributed by atoms with Gasteiger partial charge in [0.2, 0.25) is 11.7 Å². The molecule has 1 rings (SSSR count). The lowest BCUT2D eigenvalue weighted by Gasteiger charge is -2.15. The summed E-state index contributed by atoms with van der Waals surface area (Å²) in [5, 5.41) is 10.6. The number of esters is 1. The third-order valence-electron chi connectivity index (χ3n) is 2.26. The summed E-state index contributed by atoms with van der Waals surface area (Å²) >= 11 is 0. The number of rotatable bonds is 6. The summed E-state index contributed by atoms with van der Waals surface area (Å²) in [6.45, 7) is 3.68. The smallest absolute Gasteiger partial charge is 0.347 e. The van der Waals surface area contributed by atoms with Gasteiger partial charge in [0.1, 0.15) is 0 Å². The van der Waals surface area contributed by atoms with Crippen LogP contribution in [-0.2, 0) is 9.53 Å². The fraction of sp³-hybridized carbons (Fsp3) is 0.455. The normalized spacial score (nSPS) is 11.7. The Balaban J connectivity index is 2.84. The lowest BCUT2D eigenvalue weighted by atomic mass is 10.3. The first-order chi connectivity index (χ1) is 8.99.